The molecular weight excluding hydrogens is 270 g/mol. The number of hydrogen-bond acceptors (Lipinski definition) is 1. The van der Waals surface area contributed by atoms with Crippen molar-refractivity contribution in [3.8, 4) is 0 Å². The van der Waals surface area contributed by atoms with E-state index >= 15 is 0 Å². The van der Waals surface area contributed by atoms with E-state index in [1.807, 2.05) is 36.0 Å². The van der Waals surface area contributed by atoms with Gasteiger partial charge in [-0.25, -0.2) is 0 Å². The molecule has 0 aliphatic carbocycles. The fourth-order valence-electron chi connectivity index (χ4n) is 1.77. The van der Waals surface area contributed by atoms with Gasteiger partial charge < -0.3 is 9.67 Å². The van der Waals surface area contributed by atoms with Gasteiger partial charge in [-0.2, -0.15) is 0 Å². The van der Waals surface area contributed by atoms with Crippen LogP contribution < -0.4 is 0 Å². The van der Waals surface area contributed by atoms with Crippen LogP contribution in [0.25, 0.3) is 10.9 Å². The van der Waals surface area contributed by atoms with Gasteiger partial charge in [0.1, 0.15) is 0 Å². The van der Waals surface area contributed by atoms with Gasteiger partial charge in [0.15, 0.2) is 0 Å². The highest BCUT2D eigenvalue weighted by atomic mass is 79.9. The summed E-state index contributed by atoms with van der Waals surface area (Å²) in [5.74, 6) is -1.28. The molecule has 0 radical (unpaired) electrons. The van der Waals surface area contributed by atoms with Crippen LogP contribution in [0, 0.1) is 0 Å². The standard InChI is InChI=1S/C12H12BrNO2/c1-7(12(15)16)8-3-4-11-9(5-8)10(13)6-14(11)2/h3-7H,1-2H3,(H,15,16). The van der Waals surface area contributed by atoms with Crippen molar-refractivity contribution in [2.24, 2.45) is 7.05 Å². The molecule has 0 bridgehead atoms. The summed E-state index contributed by atoms with van der Waals surface area (Å²) in [5.41, 5.74) is 1.92. The molecule has 84 valence electrons. The molecule has 1 N–H and O–H groups in total. The molecule has 0 amide bonds. The minimum Gasteiger partial charge on any atom is -0.481 e. The van der Waals surface area contributed by atoms with Gasteiger partial charge in [0.2, 0.25) is 0 Å². The first-order valence-electron chi connectivity index (χ1n) is 4.98. The predicted molar refractivity (Wildman–Crippen MR) is 66.7 cm³/mol. The van der Waals surface area contributed by atoms with Crippen molar-refractivity contribution in [3.05, 3.63) is 34.4 Å². The molecule has 0 saturated heterocycles. The molecule has 0 spiro atoms. The molecule has 16 heavy (non-hydrogen) atoms. The zero-order valence-corrected chi connectivity index (χ0v) is 10.7. The average Bonchev–Trinajstić information content (AvgIpc) is 2.53. The molecule has 0 aliphatic rings. The Morgan fingerprint density at radius 2 is 2.19 bits per heavy atom. The maximum atomic E-state index is 10.9. The van der Waals surface area contributed by atoms with Crippen LogP contribution in [0.2, 0.25) is 0 Å². The normalized spacial score (nSPS) is 12.9. The highest BCUT2D eigenvalue weighted by molar-refractivity contribution is 9.10. The number of aliphatic carboxylic acids is 1. The van der Waals surface area contributed by atoms with E-state index in [1.54, 1.807) is 6.92 Å². The molecule has 0 aliphatic heterocycles. The smallest absolute Gasteiger partial charge is 0.310 e. The lowest BCUT2D eigenvalue weighted by molar-refractivity contribution is -0.138. The summed E-state index contributed by atoms with van der Waals surface area (Å²) in [4.78, 5) is 10.9. The maximum absolute atomic E-state index is 10.9. The van der Waals surface area contributed by atoms with Crippen molar-refractivity contribution in [3.63, 3.8) is 0 Å². The summed E-state index contributed by atoms with van der Waals surface area (Å²) in [5, 5.41) is 10.0. The van der Waals surface area contributed by atoms with E-state index in [1.165, 1.54) is 0 Å². The van der Waals surface area contributed by atoms with Gasteiger partial charge in [0, 0.05) is 28.6 Å². The zero-order valence-electron chi connectivity index (χ0n) is 9.07. The van der Waals surface area contributed by atoms with E-state index in [0.717, 1.165) is 20.9 Å². The summed E-state index contributed by atoms with van der Waals surface area (Å²) in [7, 11) is 1.97. The lowest BCUT2D eigenvalue weighted by Gasteiger charge is -2.07. The Hall–Kier alpha value is -1.29. The van der Waals surface area contributed by atoms with Crippen molar-refractivity contribution in [2.75, 3.05) is 0 Å². The maximum Gasteiger partial charge on any atom is 0.310 e. The topological polar surface area (TPSA) is 42.2 Å². The number of aromatic nitrogens is 1. The summed E-state index contributed by atoms with van der Waals surface area (Å²) in [6.07, 6.45) is 1.97. The van der Waals surface area contributed by atoms with Crippen LogP contribution in [0.4, 0.5) is 0 Å². The molecule has 4 heteroatoms. The predicted octanol–water partition coefficient (Wildman–Crippen LogP) is 3.13. The average molecular weight is 282 g/mol. The van der Waals surface area contributed by atoms with E-state index in [0.29, 0.717) is 0 Å². The summed E-state index contributed by atoms with van der Waals surface area (Å²) in [6, 6.07) is 5.75. The van der Waals surface area contributed by atoms with E-state index in [9.17, 15) is 4.79 Å². The number of aryl methyl sites for hydroxylation is 1. The second-order valence-corrected chi connectivity index (χ2v) is 4.78. The molecule has 1 aromatic heterocycles. The van der Waals surface area contributed by atoms with Gasteiger partial charge in [-0.1, -0.05) is 6.07 Å². The molecule has 1 atom stereocenters. The molecule has 2 aromatic rings. The van der Waals surface area contributed by atoms with E-state index in [4.69, 9.17) is 5.11 Å². The first-order valence-corrected chi connectivity index (χ1v) is 5.77. The highest BCUT2D eigenvalue weighted by Gasteiger charge is 2.15. The molecule has 1 heterocycles. The summed E-state index contributed by atoms with van der Waals surface area (Å²) in [6.45, 7) is 1.69. The van der Waals surface area contributed by atoms with Crippen LogP contribution in [0.15, 0.2) is 28.9 Å². The van der Waals surface area contributed by atoms with Crippen molar-refractivity contribution < 1.29 is 9.90 Å². The van der Waals surface area contributed by atoms with Gasteiger partial charge in [-0.3, -0.25) is 4.79 Å². The van der Waals surface area contributed by atoms with E-state index in [-0.39, 0.29) is 0 Å². The third kappa shape index (κ3) is 1.73. The van der Waals surface area contributed by atoms with Crippen LogP contribution in [0.5, 0.6) is 0 Å². The van der Waals surface area contributed by atoms with Crippen molar-refractivity contribution >= 4 is 32.8 Å². The first-order chi connectivity index (χ1) is 7.50. The lowest BCUT2D eigenvalue weighted by atomic mass is 10.0. The minimum atomic E-state index is -0.800. The van der Waals surface area contributed by atoms with Crippen molar-refractivity contribution in [2.45, 2.75) is 12.8 Å². The third-order valence-electron chi connectivity index (χ3n) is 2.84. The third-order valence-corrected chi connectivity index (χ3v) is 3.47. The molecule has 0 saturated carbocycles. The number of halogens is 1. The fourth-order valence-corrected chi connectivity index (χ4v) is 2.40. The Bertz CT molecular complexity index is 559. The highest BCUT2D eigenvalue weighted by Crippen LogP contribution is 2.28. The Morgan fingerprint density at radius 3 is 2.81 bits per heavy atom. The molecule has 1 aromatic carbocycles. The Balaban J connectivity index is 2.60. The number of carboxylic acid groups (broad SMARTS) is 1. The molecule has 0 fully saturated rings. The van der Waals surface area contributed by atoms with Crippen LogP contribution in [-0.2, 0) is 11.8 Å². The Kier molecular flexibility index (Phi) is 2.76. The van der Waals surface area contributed by atoms with Crippen molar-refractivity contribution in [1.29, 1.82) is 0 Å². The van der Waals surface area contributed by atoms with Gasteiger partial charge in [0.05, 0.1) is 5.92 Å². The number of benzene rings is 1. The molecule has 1 unspecified atom stereocenters. The fraction of sp³-hybridized carbons (Fsp3) is 0.250. The van der Waals surface area contributed by atoms with Crippen LogP contribution in [0.3, 0.4) is 0 Å². The van der Waals surface area contributed by atoms with Crippen LogP contribution in [0.1, 0.15) is 18.4 Å². The number of nitrogens with zero attached hydrogens (tertiary/aromatic N) is 1. The van der Waals surface area contributed by atoms with Gasteiger partial charge in [-0.05, 0) is 40.5 Å². The lowest BCUT2D eigenvalue weighted by Crippen LogP contribution is -2.07. The monoisotopic (exact) mass is 281 g/mol. The molecule has 3 nitrogen and oxygen atoms in total. The van der Waals surface area contributed by atoms with Gasteiger partial charge in [0.25, 0.3) is 0 Å². The molecular formula is C12H12BrNO2. The Labute approximate surface area is 102 Å². The van der Waals surface area contributed by atoms with E-state index < -0.39 is 11.9 Å². The van der Waals surface area contributed by atoms with Crippen LogP contribution >= 0.6 is 15.9 Å². The second-order valence-electron chi connectivity index (χ2n) is 3.92. The number of rotatable bonds is 2. The first kappa shape index (κ1) is 11.2. The van der Waals surface area contributed by atoms with Gasteiger partial charge >= 0.3 is 5.97 Å². The number of carbonyl (C=O) groups is 1. The summed E-state index contributed by atoms with van der Waals surface area (Å²) < 4.78 is 3.00. The number of hydrogen-bond donors (Lipinski definition) is 1. The van der Waals surface area contributed by atoms with E-state index in [2.05, 4.69) is 15.9 Å². The zero-order chi connectivity index (χ0) is 11.9. The SMILES string of the molecule is CC(C(=O)O)c1ccc2c(c1)c(Br)cn2C. The quantitative estimate of drug-likeness (QED) is 0.919. The molecule has 2 rings (SSSR count). The number of carboxylic acids is 1. The minimum absolute atomic E-state index is 0.475. The number of fused-ring (bicyclic) bond motifs is 1. The van der Waals surface area contributed by atoms with Gasteiger partial charge in [-0.15, -0.1) is 0 Å². The van der Waals surface area contributed by atoms with Crippen molar-refractivity contribution in [1.82, 2.24) is 4.57 Å². The largest absolute Gasteiger partial charge is 0.481 e. The van der Waals surface area contributed by atoms with Crippen LogP contribution in [-0.4, -0.2) is 15.6 Å². The Morgan fingerprint density at radius 1 is 1.50 bits per heavy atom. The summed E-state index contributed by atoms with van der Waals surface area (Å²) >= 11 is 3.47. The second kappa shape index (κ2) is 3.94.